The average Bonchev–Trinajstić information content (AvgIpc) is 3.09. The van der Waals surface area contributed by atoms with Crippen LogP contribution in [0.25, 0.3) is 11.3 Å². The number of nitrogens with one attached hydrogen (secondary N) is 2. The summed E-state index contributed by atoms with van der Waals surface area (Å²) < 4.78 is 37.6. The van der Waals surface area contributed by atoms with E-state index in [1.54, 1.807) is 18.5 Å². The minimum atomic E-state index is -4.36. The van der Waals surface area contributed by atoms with Gasteiger partial charge in [-0.3, -0.25) is 14.9 Å². The Morgan fingerprint density at radius 3 is 2.42 bits per heavy atom. The molecule has 0 fully saturated rings. The first-order chi connectivity index (χ1) is 12.4. The molecule has 0 unspecified atom stereocenters. The standard InChI is InChI=1S/C18H15F3N4O/c19-18(20,21)14-4-1-12(2-5-14)3-6-17(26)23-16-11-15(24-25-16)13-7-9-22-10-8-13/h1-2,4-5,7-11H,3,6H2,(H2,23,24,25,26). The third-order valence-corrected chi connectivity index (χ3v) is 3.76. The normalized spacial score (nSPS) is 11.3. The van der Waals surface area contributed by atoms with Crippen molar-refractivity contribution < 1.29 is 18.0 Å². The number of aromatic amines is 1. The summed E-state index contributed by atoms with van der Waals surface area (Å²) in [6.45, 7) is 0. The van der Waals surface area contributed by atoms with Crippen molar-refractivity contribution in [2.24, 2.45) is 0 Å². The lowest BCUT2D eigenvalue weighted by atomic mass is 10.1. The van der Waals surface area contributed by atoms with Crippen molar-refractivity contribution in [2.45, 2.75) is 19.0 Å². The molecule has 8 heteroatoms. The van der Waals surface area contributed by atoms with E-state index >= 15 is 0 Å². The van der Waals surface area contributed by atoms with E-state index in [0.717, 1.165) is 23.4 Å². The zero-order valence-corrected chi connectivity index (χ0v) is 13.5. The number of aromatic nitrogens is 3. The van der Waals surface area contributed by atoms with E-state index in [-0.39, 0.29) is 12.3 Å². The van der Waals surface area contributed by atoms with Crippen molar-refractivity contribution in [3.8, 4) is 11.3 Å². The first-order valence-corrected chi connectivity index (χ1v) is 7.83. The van der Waals surface area contributed by atoms with Crippen molar-refractivity contribution >= 4 is 11.7 Å². The quantitative estimate of drug-likeness (QED) is 0.721. The number of hydrogen-bond donors (Lipinski definition) is 2. The van der Waals surface area contributed by atoms with Crippen molar-refractivity contribution in [3.05, 3.63) is 66.0 Å². The second kappa shape index (κ2) is 7.38. The van der Waals surface area contributed by atoms with Crippen molar-refractivity contribution in [3.63, 3.8) is 0 Å². The van der Waals surface area contributed by atoms with Crippen LogP contribution in [0.4, 0.5) is 19.0 Å². The van der Waals surface area contributed by atoms with Gasteiger partial charge in [0.05, 0.1) is 11.3 Å². The summed E-state index contributed by atoms with van der Waals surface area (Å²) in [5, 5.41) is 9.51. The topological polar surface area (TPSA) is 70.7 Å². The fourth-order valence-corrected chi connectivity index (χ4v) is 2.39. The van der Waals surface area contributed by atoms with Crippen LogP contribution in [0, 0.1) is 0 Å². The molecule has 0 saturated heterocycles. The maximum Gasteiger partial charge on any atom is 0.416 e. The number of anilines is 1. The van der Waals surface area contributed by atoms with Crippen LogP contribution in [-0.2, 0) is 17.4 Å². The third kappa shape index (κ3) is 4.47. The van der Waals surface area contributed by atoms with Gasteiger partial charge in [0.1, 0.15) is 0 Å². The molecule has 0 radical (unpaired) electrons. The van der Waals surface area contributed by atoms with Gasteiger partial charge in [0.25, 0.3) is 0 Å². The van der Waals surface area contributed by atoms with Crippen LogP contribution in [0.2, 0.25) is 0 Å². The largest absolute Gasteiger partial charge is 0.416 e. The van der Waals surface area contributed by atoms with Crippen LogP contribution in [0.15, 0.2) is 54.9 Å². The monoisotopic (exact) mass is 360 g/mol. The van der Waals surface area contributed by atoms with Crippen LogP contribution < -0.4 is 5.32 Å². The zero-order valence-electron chi connectivity index (χ0n) is 13.5. The number of halogens is 3. The van der Waals surface area contributed by atoms with Crippen molar-refractivity contribution in [1.29, 1.82) is 0 Å². The van der Waals surface area contributed by atoms with Crippen molar-refractivity contribution in [1.82, 2.24) is 15.2 Å². The van der Waals surface area contributed by atoms with Gasteiger partial charge in [-0.2, -0.15) is 18.3 Å². The smallest absolute Gasteiger partial charge is 0.309 e. The number of carbonyl (C=O) groups is 1. The number of nitrogens with zero attached hydrogens (tertiary/aromatic N) is 2. The Morgan fingerprint density at radius 2 is 1.77 bits per heavy atom. The van der Waals surface area contributed by atoms with Gasteiger partial charge in [-0.25, -0.2) is 0 Å². The summed E-state index contributed by atoms with van der Waals surface area (Å²) >= 11 is 0. The van der Waals surface area contributed by atoms with Gasteiger partial charge in [0.2, 0.25) is 5.91 Å². The van der Waals surface area contributed by atoms with Crippen LogP contribution in [0.5, 0.6) is 0 Å². The van der Waals surface area contributed by atoms with Crippen LogP contribution in [-0.4, -0.2) is 21.1 Å². The van der Waals surface area contributed by atoms with E-state index < -0.39 is 11.7 Å². The summed E-state index contributed by atoms with van der Waals surface area (Å²) in [4.78, 5) is 15.9. The molecule has 3 aromatic rings. The van der Waals surface area contributed by atoms with Crippen molar-refractivity contribution in [2.75, 3.05) is 5.32 Å². The number of H-pyrrole nitrogens is 1. The molecular formula is C18H15F3N4O. The summed E-state index contributed by atoms with van der Waals surface area (Å²) in [6.07, 6.45) is -0.576. The lowest BCUT2D eigenvalue weighted by Gasteiger charge is -2.07. The van der Waals surface area contributed by atoms with E-state index in [0.29, 0.717) is 17.8 Å². The Bertz CT molecular complexity index is 873. The van der Waals surface area contributed by atoms with Crippen LogP contribution >= 0.6 is 0 Å². The van der Waals surface area contributed by atoms with Gasteiger partial charge in [-0.15, -0.1) is 0 Å². The van der Waals surface area contributed by atoms with E-state index in [1.807, 2.05) is 12.1 Å². The summed E-state index contributed by atoms with van der Waals surface area (Å²) in [5.74, 6) is 0.118. The van der Waals surface area contributed by atoms with Gasteiger partial charge in [-0.1, -0.05) is 12.1 Å². The molecule has 0 atom stereocenters. The van der Waals surface area contributed by atoms with Gasteiger partial charge in [0.15, 0.2) is 5.82 Å². The molecule has 0 saturated carbocycles. The molecule has 2 aromatic heterocycles. The molecule has 0 bridgehead atoms. The predicted octanol–water partition coefficient (Wildman–Crippen LogP) is 4.06. The van der Waals surface area contributed by atoms with Crippen LogP contribution in [0.1, 0.15) is 17.5 Å². The molecule has 1 amide bonds. The highest BCUT2D eigenvalue weighted by atomic mass is 19.4. The lowest BCUT2D eigenvalue weighted by Crippen LogP contribution is -2.12. The predicted molar refractivity (Wildman–Crippen MR) is 90.2 cm³/mol. The van der Waals surface area contributed by atoms with Gasteiger partial charge < -0.3 is 5.32 Å². The second-order valence-electron chi connectivity index (χ2n) is 5.65. The molecule has 0 aliphatic heterocycles. The van der Waals surface area contributed by atoms with E-state index in [2.05, 4.69) is 20.5 Å². The summed E-state index contributed by atoms with van der Waals surface area (Å²) in [5.41, 5.74) is 1.58. The minimum absolute atomic E-state index is 0.142. The first-order valence-electron chi connectivity index (χ1n) is 7.83. The number of amides is 1. The average molecular weight is 360 g/mol. The Hall–Kier alpha value is -3.16. The Kier molecular flexibility index (Phi) is 5.01. The molecule has 0 aliphatic rings. The molecule has 0 spiro atoms. The summed E-state index contributed by atoms with van der Waals surface area (Å²) in [6, 6.07) is 10.1. The molecule has 2 N–H and O–H groups in total. The molecule has 2 heterocycles. The highest BCUT2D eigenvalue weighted by molar-refractivity contribution is 5.90. The molecule has 1 aromatic carbocycles. The molecule has 5 nitrogen and oxygen atoms in total. The lowest BCUT2D eigenvalue weighted by molar-refractivity contribution is -0.137. The highest BCUT2D eigenvalue weighted by Gasteiger charge is 2.29. The van der Waals surface area contributed by atoms with Crippen LogP contribution in [0.3, 0.4) is 0 Å². The molecule has 26 heavy (non-hydrogen) atoms. The highest BCUT2D eigenvalue weighted by Crippen LogP contribution is 2.29. The molecule has 134 valence electrons. The van der Waals surface area contributed by atoms with Gasteiger partial charge >= 0.3 is 6.18 Å². The number of alkyl halides is 3. The molecule has 3 rings (SSSR count). The number of pyridine rings is 1. The molecular weight excluding hydrogens is 345 g/mol. The van der Waals surface area contributed by atoms with E-state index in [1.165, 1.54) is 12.1 Å². The summed E-state index contributed by atoms with van der Waals surface area (Å²) in [7, 11) is 0. The van der Waals surface area contributed by atoms with E-state index in [9.17, 15) is 18.0 Å². The fraction of sp³-hybridized carbons (Fsp3) is 0.167. The zero-order chi connectivity index (χ0) is 18.6. The number of hydrogen-bond acceptors (Lipinski definition) is 3. The number of benzene rings is 1. The maximum absolute atomic E-state index is 12.5. The number of rotatable bonds is 5. The minimum Gasteiger partial charge on any atom is -0.309 e. The van der Waals surface area contributed by atoms with Gasteiger partial charge in [0, 0.05) is 30.4 Å². The van der Waals surface area contributed by atoms with E-state index in [4.69, 9.17) is 0 Å². The Morgan fingerprint density at radius 1 is 1.08 bits per heavy atom. The fourth-order valence-electron chi connectivity index (χ4n) is 2.39. The Labute approximate surface area is 147 Å². The van der Waals surface area contributed by atoms with Gasteiger partial charge in [-0.05, 0) is 36.2 Å². The Balaban J connectivity index is 1.54. The third-order valence-electron chi connectivity index (χ3n) is 3.76. The maximum atomic E-state index is 12.5. The first kappa shape index (κ1) is 17.7. The SMILES string of the molecule is O=C(CCc1ccc(C(F)(F)F)cc1)Nc1cc(-c2ccncc2)[nH]n1. The number of aryl methyl sites for hydroxylation is 1. The second-order valence-corrected chi connectivity index (χ2v) is 5.65. The number of carbonyl (C=O) groups excluding carboxylic acids is 1. The molecule has 0 aliphatic carbocycles.